The van der Waals surface area contributed by atoms with E-state index in [1.165, 1.54) is 19.2 Å². The van der Waals surface area contributed by atoms with Crippen LogP contribution in [-0.2, 0) is 0 Å². The van der Waals surface area contributed by atoms with Crippen LogP contribution >= 0.6 is 0 Å². The summed E-state index contributed by atoms with van der Waals surface area (Å²) in [7, 11) is 1.39. The molecule has 2 aromatic rings. The Hall–Kier alpha value is -3.35. The third-order valence-corrected chi connectivity index (χ3v) is 3.57. The van der Waals surface area contributed by atoms with Gasteiger partial charge in [-0.05, 0) is 30.3 Å². The first-order valence-corrected chi connectivity index (χ1v) is 6.57. The van der Waals surface area contributed by atoms with Gasteiger partial charge in [-0.3, -0.25) is 9.59 Å². The van der Waals surface area contributed by atoms with Crippen LogP contribution in [-0.4, -0.2) is 35.1 Å². The highest BCUT2D eigenvalue weighted by Crippen LogP contribution is 2.35. The second-order valence-corrected chi connectivity index (χ2v) is 4.84. The Labute approximate surface area is 130 Å². The average Bonchev–Trinajstić information content (AvgIpc) is 2.79. The van der Waals surface area contributed by atoms with E-state index in [9.17, 15) is 19.5 Å². The van der Waals surface area contributed by atoms with Crippen molar-refractivity contribution in [3.63, 3.8) is 0 Å². The molecule has 0 aliphatic carbocycles. The Morgan fingerprint density at radius 2 is 1.87 bits per heavy atom. The first kappa shape index (κ1) is 14.6. The highest BCUT2D eigenvalue weighted by atomic mass is 16.5. The van der Waals surface area contributed by atoms with Crippen molar-refractivity contribution in [2.75, 3.05) is 12.0 Å². The van der Waals surface area contributed by atoms with Gasteiger partial charge in [-0.2, -0.15) is 0 Å². The molecule has 0 saturated heterocycles. The minimum Gasteiger partial charge on any atom is -0.507 e. The van der Waals surface area contributed by atoms with Crippen molar-refractivity contribution in [2.24, 2.45) is 0 Å². The number of ether oxygens (including phenoxy) is 1. The van der Waals surface area contributed by atoms with Gasteiger partial charge in [0.15, 0.2) is 0 Å². The summed E-state index contributed by atoms with van der Waals surface area (Å²) in [6.07, 6.45) is 0. The second-order valence-electron chi connectivity index (χ2n) is 4.84. The molecule has 0 fully saturated rings. The van der Waals surface area contributed by atoms with E-state index in [0.717, 1.165) is 17.0 Å². The molecule has 2 amide bonds. The van der Waals surface area contributed by atoms with E-state index in [-0.39, 0.29) is 22.6 Å². The van der Waals surface area contributed by atoms with Crippen LogP contribution in [0.4, 0.5) is 5.69 Å². The topological polar surface area (TPSA) is 104 Å². The van der Waals surface area contributed by atoms with Gasteiger partial charge in [0.2, 0.25) is 0 Å². The summed E-state index contributed by atoms with van der Waals surface area (Å²) >= 11 is 0. The van der Waals surface area contributed by atoms with Crippen LogP contribution < -0.4 is 9.64 Å². The summed E-state index contributed by atoms with van der Waals surface area (Å²) in [5, 5.41) is 18.6. The summed E-state index contributed by atoms with van der Waals surface area (Å²) < 4.78 is 5.11. The van der Waals surface area contributed by atoms with Crippen LogP contribution in [0.5, 0.6) is 11.5 Å². The minimum absolute atomic E-state index is 0.0634. The smallest absolute Gasteiger partial charge is 0.339 e. The number of carbonyl (C=O) groups is 3. The van der Waals surface area contributed by atoms with Crippen molar-refractivity contribution in [3.05, 3.63) is 53.1 Å². The molecule has 1 aliphatic rings. The molecule has 0 bridgehead atoms. The maximum absolute atomic E-state index is 12.6. The van der Waals surface area contributed by atoms with Crippen LogP contribution in [0.3, 0.4) is 0 Å². The van der Waals surface area contributed by atoms with Gasteiger partial charge in [0.1, 0.15) is 17.1 Å². The molecule has 0 spiro atoms. The number of aromatic hydroxyl groups is 1. The number of rotatable bonds is 3. The molecule has 3 rings (SSSR count). The number of imide groups is 1. The van der Waals surface area contributed by atoms with E-state index >= 15 is 0 Å². The van der Waals surface area contributed by atoms with Crippen LogP contribution in [0.25, 0.3) is 0 Å². The lowest BCUT2D eigenvalue weighted by Crippen LogP contribution is -2.29. The number of carboxylic acids is 1. The average molecular weight is 313 g/mol. The molecule has 116 valence electrons. The Morgan fingerprint density at radius 3 is 2.52 bits per heavy atom. The number of aromatic carboxylic acids is 1. The molecule has 7 nitrogen and oxygen atoms in total. The third-order valence-electron chi connectivity index (χ3n) is 3.57. The normalized spacial score (nSPS) is 13.2. The Balaban J connectivity index is 2.13. The van der Waals surface area contributed by atoms with E-state index in [1.807, 2.05) is 0 Å². The number of amides is 2. The monoisotopic (exact) mass is 313 g/mol. The van der Waals surface area contributed by atoms with Crippen LogP contribution in [0.15, 0.2) is 36.4 Å². The fraction of sp³-hybridized carbons (Fsp3) is 0.0625. The summed E-state index contributed by atoms with van der Waals surface area (Å²) in [6.45, 7) is 0. The molecule has 2 N–H and O–H groups in total. The highest BCUT2D eigenvalue weighted by molar-refractivity contribution is 6.35. The van der Waals surface area contributed by atoms with E-state index in [2.05, 4.69) is 0 Å². The van der Waals surface area contributed by atoms with Crippen molar-refractivity contribution in [2.45, 2.75) is 0 Å². The number of methoxy groups -OCH3 is 1. The quantitative estimate of drug-likeness (QED) is 0.839. The molecular formula is C16H11NO6. The number of nitrogens with zero attached hydrogens (tertiary/aromatic N) is 1. The Morgan fingerprint density at radius 1 is 1.13 bits per heavy atom. The highest BCUT2D eigenvalue weighted by Gasteiger charge is 2.39. The fourth-order valence-corrected chi connectivity index (χ4v) is 2.49. The van der Waals surface area contributed by atoms with Gasteiger partial charge in [-0.1, -0.05) is 6.07 Å². The zero-order chi connectivity index (χ0) is 16.7. The van der Waals surface area contributed by atoms with Gasteiger partial charge in [0.25, 0.3) is 11.8 Å². The fourth-order valence-electron chi connectivity index (χ4n) is 2.49. The molecule has 2 aromatic carbocycles. The molecule has 0 aromatic heterocycles. The standard InChI is InChI=1S/C16H11NO6/c1-23-12-4-2-3-9-13(12)15(20)17(14(9)19)8-5-6-11(18)10(7-8)16(21)22/h2-7,18H,1H3,(H,21,22). The van der Waals surface area contributed by atoms with E-state index in [1.54, 1.807) is 12.1 Å². The molecule has 0 atom stereocenters. The number of carbonyl (C=O) groups excluding carboxylic acids is 2. The maximum atomic E-state index is 12.6. The number of fused-ring (bicyclic) bond motifs is 1. The lowest BCUT2D eigenvalue weighted by Gasteiger charge is -2.15. The first-order chi connectivity index (χ1) is 11.0. The summed E-state index contributed by atoms with van der Waals surface area (Å²) in [4.78, 5) is 37.0. The summed E-state index contributed by atoms with van der Waals surface area (Å²) in [6, 6.07) is 8.15. The van der Waals surface area contributed by atoms with Crippen LogP contribution in [0.1, 0.15) is 31.1 Å². The van der Waals surface area contributed by atoms with Crippen molar-refractivity contribution in [1.29, 1.82) is 0 Å². The minimum atomic E-state index is -1.36. The molecule has 0 saturated carbocycles. The van der Waals surface area contributed by atoms with Gasteiger partial charge < -0.3 is 14.9 Å². The first-order valence-electron chi connectivity index (χ1n) is 6.57. The molecule has 7 heteroatoms. The molecule has 1 aliphatic heterocycles. The largest absolute Gasteiger partial charge is 0.507 e. The Bertz CT molecular complexity index is 858. The summed E-state index contributed by atoms with van der Waals surface area (Å²) in [5.74, 6) is -2.73. The molecule has 0 radical (unpaired) electrons. The van der Waals surface area contributed by atoms with Crippen LogP contribution in [0, 0.1) is 0 Å². The molecular weight excluding hydrogens is 302 g/mol. The predicted molar refractivity (Wildman–Crippen MR) is 79.2 cm³/mol. The zero-order valence-electron chi connectivity index (χ0n) is 11.9. The molecule has 0 unspecified atom stereocenters. The number of phenols is 1. The number of carboxylic acid groups (broad SMARTS) is 1. The van der Waals surface area contributed by atoms with E-state index in [0.29, 0.717) is 0 Å². The number of anilines is 1. The van der Waals surface area contributed by atoms with Crippen molar-refractivity contribution < 1.29 is 29.3 Å². The SMILES string of the molecule is COc1cccc2c1C(=O)N(c1ccc(O)c(C(=O)O)c1)C2=O. The third kappa shape index (κ3) is 2.10. The number of hydrogen-bond acceptors (Lipinski definition) is 5. The van der Waals surface area contributed by atoms with E-state index in [4.69, 9.17) is 9.84 Å². The number of benzene rings is 2. The van der Waals surface area contributed by atoms with Gasteiger partial charge >= 0.3 is 5.97 Å². The number of hydrogen-bond donors (Lipinski definition) is 2. The lowest BCUT2D eigenvalue weighted by molar-refractivity contribution is 0.0692. The lowest BCUT2D eigenvalue weighted by atomic mass is 10.1. The molecule has 23 heavy (non-hydrogen) atoms. The van der Waals surface area contributed by atoms with Gasteiger partial charge in [-0.15, -0.1) is 0 Å². The van der Waals surface area contributed by atoms with Gasteiger partial charge in [-0.25, -0.2) is 9.69 Å². The van der Waals surface area contributed by atoms with Gasteiger partial charge in [0.05, 0.1) is 23.9 Å². The van der Waals surface area contributed by atoms with Crippen molar-refractivity contribution in [1.82, 2.24) is 0 Å². The molecule has 1 heterocycles. The van der Waals surface area contributed by atoms with Crippen molar-refractivity contribution in [3.8, 4) is 11.5 Å². The Kier molecular flexibility index (Phi) is 3.25. The van der Waals surface area contributed by atoms with Gasteiger partial charge in [0, 0.05) is 0 Å². The zero-order valence-corrected chi connectivity index (χ0v) is 11.9. The summed E-state index contributed by atoms with van der Waals surface area (Å²) in [5.41, 5.74) is -0.0243. The maximum Gasteiger partial charge on any atom is 0.339 e. The van der Waals surface area contributed by atoms with E-state index < -0.39 is 29.1 Å². The van der Waals surface area contributed by atoms with Crippen LogP contribution in [0.2, 0.25) is 0 Å². The van der Waals surface area contributed by atoms with Crippen molar-refractivity contribution >= 4 is 23.5 Å². The predicted octanol–water partition coefficient (Wildman–Crippen LogP) is 1.90. The second kappa shape index (κ2) is 5.13.